The smallest absolute Gasteiger partial charge is 0.242 e. The molecule has 0 radical (unpaired) electrons. The lowest BCUT2D eigenvalue weighted by molar-refractivity contribution is -0.119. The van der Waals surface area contributed by atoms with Crippen LogP contribution in [0.15, 0.2) is 36.7 Å². The molecule has 0 aliphatic carbocycles. The number of nitrogens with zero attached hydrogens (tertiary/aromatic N) is 3. The number of aromatic nitrogens is 2. The third-order valence-electron chi connectivity index (χ3n) is 2.74. The molecule has 22 heavy (non-hydrogen) atoms. The predicted octanol–water partition coefficient (Wildman–Crippen LogP) is 0.633. The summed E-state index contributed by atoms with van der Waals surface area (Å²) < 4.78 is 0. The third kappa shape index (κ3) is 4.32. The standard InChI is InChI=1S/C14H19N7O/c1-21(2)20-14-12(15)13(16-9-17-14)19-18-11(22)8-10-6-4-3-5-7-10/h3-7,9H,8,15H2,1-2H3,(H,18,22)(H2,16,17,19,20). The first-order chi connectivity index (χ1) is 10.6. The van der Waals surface area contributed by atoms with Crippen LogP contribution in [0.3, 0.4) is 0 Å². The summed E-state index contributed by atoms with van der Waals surface area (Å²) in [4.78, 5) is 19.9. The summed E-state index contributed by atoms with van der Waals surface area (Å²) in [6.07, 6.45) is 1.62. The van der Waals surface area contributed by atoms with Crippen molar-refractivity contribution in [3.8, 4) is 0 Å². The molecule has 0 saturated carbocycles. The molecule has 0 aliphatic heterocycles. The van der Waals surface area contributed by atoms with E-state index in [-0.39, 0.29) is 12.3 Å². The Morgan fingerprint density at radius 2 is 1.86 bits per heavy atom. The van der Waals surface area contributed by atoms with Gasteiger partial charge in [-0.1, -0.05) is 30.3 Å². The van der Waals surface area contributed by atoms with Crippen LogP contribution >= 0.6 is 0 Å². The van der Waals surface area contributed by atoms with Gasteiger partial charge in [0.25, 0.3) is 0 Å². The summed E-state index contributed by atoms with van der Waals surface area (Å²) in [6, 6.07) is 9.45. The van der Waals surface area contributed by atoms with Crippen molar-refractivity contribution in [3.63, 3.8) is 0 Å². The number of hydrazine groups is 2. The maximum absolute atomic E-state index is 11.9. The molecule has 2 rings (SSSR count). The number of carbonyl (C=O) groups is 1. The Hall–Kier alpha value is -2.87. The van der Waals surface area contributed by atoms with Crippen molar-refractivity contribution in [2.24, 2.45) is 0 Å². The molecule has 8 heteroatoms. The molecule has 1 aromatic carbocycles. The fraction of sp³-hybridized carbons (Fsp3) is 0.214. The molecule has 0 spiro atoms. The van der Waals surface area contributed by atoms with Gasteiger partial charge in [0.05, 0.1) is 6.42 Å². The first-order valence-electron chi connectivity index (χ1n) is 6.69. The molecule has 5 N–H and O–H groups in total. The highest BCUT2D eigenvalue weighted by molar-refractivity contribution is 5.81. The average Bonchev–Trinajstić information content (AvgIpc) is 2.49. The number of benzene rings is 1. The molecule has 2 aromatic rings. The maximum atomic E-state index is 11.9. The first kappa shape index (κ1) is 15.5. The zero-order valence-corrected chi connectivity index (χ0v) is 12.5. The number of carbonyl (C=O) groups excluding carboxylic acids is 1. The molecule has 1 aromatic heterocycles. The summed E-state index contributed by atoms with van der Waals surface area (Å²) in [7, 11) is 3.63. The van der Waals surface area contributed by atoms with E-state index in [9.17, 15) is 4.79 Å². The summed E-state index contributed by atoms with van der Waals surface area (Å²) in [6.45, 7) is 0. The molecule has 0 atom stereocenters. The molecule has 0 bridgehead atoms. The van der Waals surface area contributed by atoms with E-state index in [4.69, 9.17) is 5.73 Å². The Bertz CT molecular complexity index is 630. The Labute approximate surface area is 128 Å². The van der Waals surface area contributed by atoms with Crippen LogP contribution in [0.4, 0.5) is 17.3 Å². The van der Waals surface area contributed by atoms with Crippen molar-refractivity contribution in [1.82, 2.24) is 20.4 Å². The minimum Gasteiger partial charge on any atom is -0.393 e. The topological polar surface area (TPSA) is 108 Å². The van der Waals surface area contributed by atoms with Crippen LogP contribution in [0.1, 0.15) is 5.56 Å². The number of anilines is 3. The van der Waals surface area contributed by atoms with Crippen molar-refractivity contribution < 1.29 is 4.79 Å². The summed E-state index contributed by atoms with van der Waals surface area (Å²) in [5.74, 6) is 0.604. The molecule has 1 heterocycles. The normalized spacial score (nSPS) is 10.3. The van der Waals surface area contributed by atoms with Gasteiger partial charge < -0.3 is 11.2 Å². The molecule has 0 fully saturated rings. The van der Waals surface area contributed by atoms with E-state index in [0.29, 0.717) is 17.3 Å². The first-order valence-corrected chi connectivity index (χ1v) is 6.69. The second-order valence-electron chi connectivity index (χ2n) is 4.83. The molecule has 8 nitrogen and oxygen atoms in total. The van der Waals surface area contributed by atoms with Gasteiger partial charge in [-0.05, 0) is 5.56 Å². The average molecular weight is 301 g/mol. The summed E-state index contributed by atoms with van der Waals surface area (Å²) in [5, 5.41) is 1.70. The summed E-state index contributed by atoms with van der Waals surface area (Å²) >= 11 is 0. The number of rotatable bonds is 6. The monoisotopic (exact) mass is 301 g/mol. The van der Waals surface area contributed by atoms with Crippen LogP contribution < -0.4 is 22.0 Å². The van der Waals surface area contributed by atoms with Gasteiger partial charge in [-0.15, -0.1) is 0 Å². The van der Waals surface area contributed by atoms with Crippen molar-refractivity contribution in [2.75, 3.05) is 30.7 Å². The molecular formula is C14H19N7O. The van der Waals surface area contributed by atoms with E-state index in [1.807, 2.05) is 44.4 Å². The van der Waals surface area contributed by atoms with E-state index in [2.05, 4.69) is 26.2 Å². The van der Waals surface area contributed by atoms with E-state index in [1.165, 1.54) is 6.33 Å². The van der Waals surface area contributed by atoms with Crippen LogP contribution in [0.5, 0.6) is 0 Å². The summed E-state index contributed by atoms with van der Waals surface area (Å²) in [5.41, 5.74) is 15.4. The maximum Gasteiger partial charge on any atom is 0.242 e. The number of nitrogen functional groups attached to an aromatic ring is 1. The fourth-order valence-corrected chi connectivity index (χ4v) is 1.75. The SMILES string of the molecule is CN(C)Nc1ncnc(NNC(=O)Cc2ccccc2)c1N. The molecule has 0 saturated heterocycles. The van der Waals surface area contributed by atoms with Crippen LogP contribution in [-0.4, -0.2) is 35.0 Å². The van der Waals surface area contributed by atoms with Gasteiger partial charge in [0, 0.05) is 14.1 Å². The van der Waals surface area contributed by atoms with Crippen molar-refractivity contribution >= 4 is 23.2 Å². The van der Waals surface area contributed by atoms with Crippen molar-refractivity contribution in [3.05, 3.63) is 42.2 Å². The molecule has 0 unspecified atom stereocenters. The van der Waals surface area contributed by atoms with Crippen LogP contribution in [-0.2, 0) is 11.2 Å². The molecular weight excluding hydrogens is 282 g/mol. The van der Waals surface area contributed by atoms with Gasteiger partial charge in [0.2, 0.25) is 5.91 Å². The van der Waals surface area contributed by atoms with Gasteiger partial charge >= 0.3 is 0 Å². The van der Waals surface area contributed by atoms with Crippen molar-refractivity contribution in [2.45, 2.75) is 6.42 Å². The largest absolute Gasteiger partial charge is 0.393 e. The van der Waals surface area contributed by atoms with E-state index in [1.54, 1.807) is 5.01 Å². The van der Waals surface area contributed by atoms with Gasteiger partial charge in [-0.3, -0.25) is 15.6 Å². The lowest BCUT2D eigenvalue weighted by Crippen LogP contribution is -2.32. The lowest BCUT2D eigenvalue weighted by Gasteiger charge is -2.16. The van der Waals surface area contributed by atoms with Gasteiger partial charge in [-0.2, -0.15) is 0 Å². The zero-order valence-electron chi connectivity index (χ0n) is 12.5. The van der Waals surface area contributed by atoms with E-state index >= 15 is 0 Å². The molecule has 116 valence electrons. The quantitative estimate of drug-likeness (QED) is 0.580. The lowest BCUT2D eigenvalue weighted by atomic mass is 10.1. The minimum atomic E-state index is -0.189. The Morgan fingerprint density at radius 3 is 2.55 bits per heavy atom. The fourth-order valence-electron chi connectivity index (χ4n) is 1.75. The third-order valence-corrected chi connectivity index (χ3v) is 2.74. The van der Waals surface area contributed by atoms with Gasteiger partial charge in [-0.25, -0.2) is 15.0 Å². The number of nitrogens with two attached hydrogens (primary N) is 1. The van der Waals surface area contributed by atoms with Gasteiger partial charge in [0.1, 0.15) is 12.0 Å². The number of hydrogen-bond acceptors (Lipinski definition) is 7. The molecule has 0 aliphatic rings. The van der Waals surface area contributed by atoms with E-state index < -0.39 is 0 Å². The zero-order chi connectivity index (χ0) is 15.9. The van der Waals surface area contributed by atoms with Crippen LogP contribution in [0.2, 0.25) is 0 Å². The highest BCUT2D eigenvalue weighted by Gasteiger charge is 2.09. The second kappa shape index (κ2) is 7.23. The predicted molar refractivity (Wildman–Crippen MR) is 85.7 cm³/mol. The second-order valence-corrected chi connectivity index (χ2v) is 4.83. The Morgan fingerprint density at radius 1 is 1.18 bits per heavy atom. The highest BCUT2D eigenvalue weighted by atomic mass is 16.2. The van der Waals surface area contributed by atoms with Gasteiger partial charge in [0.15, 0.2) is 11.6 Å². The number of nitrogens with one attached hydrogen (secondary N) is 3. The number of hydrogen-bond donors (Lipinski definition) is 4. The van der Waals surface area contributed by atoms with Crippen LogP contribution in [0.25, 0.3) is 0 Å². The highest BCUT2D eigenvalue weighted by Crippen LogP contribution is 2.21. The Balaban J connectivity index is 1.95. The molecule has 1 amide bonds. The minimum absolute atomic E-state index is 0.189. The van der Waals surface area contributed by atoms with E-state index in [0.717, 1.165) is 5.56 Å². The number of amides is 1. The Kier molecular flexibility index (Phi) is 5.10. The van der Waals surface area contributed by atoms with Crippen molar-refractivity contribution in [1.29, 1.82) is 0 Å². The van der Waals surface area contributed by atoms with Crippen LogP contribution in [0, 0.1) is 0 Å².